The molecule has 134 valence electrons. The lowest BCUT2D eigenvalue weighted by Gasteiger charge is -2.20. The van der Waals surface area contributed by atoms with Gasteiger partial charge in [-0.3, -0.25) is 4.79 Å². The van der Waals surface area contributed by atoms with Gasteiger partial charge in [-0.15, -0.1) is 11.3 Å². The van der Waals surface area contributed by atoms with Gasteiger partial charge in [-0.1, -0.05) is 12.1 Å². The number of nitrogens with zero attached hydrogens (tertiary/aromatic N) is 1. The van der Waals surface area contributed by atoms with Gasteiger partial charge in [0.1, 0.15) is 5.75 Å². The first-order chi connectivity index (χ1) is 12.1. The van der Waals surface area contributed by atoms with Gasteiger partial charge in [0.2, 0.25) is 5.91 Å². The summed E-state index contributed by atoms with van der Waals surface area (Å²) in [5.74, 6) is 0.302. The summed E-state index contributed by atoms with van der Waals surface area (Å²) in [4.78, 5) is 17.6. The van der Waals surface area contributed by atoms with Gasteiger partial charge in [0.05, 0.1) is 6.42 Å². The Kier molecular flexibility index (Phi) is 5.93. The van der Waals surface area contributed by atoms with Crippen LogP contribution in [0.25, 0.3) is 0 Å². The Morgan fingerprint density at radius 3 is 2.96 bits per heavy atom. The van der Waals surface area contributed by atoms with Gasteiger partial charge >= 0.3 is 6.61 Å². The smallest absolute Gasteiger partial charge is 0.387 e. The maximum atomic E-state index is 12.2. The monoisotopic (exact) mass is 367 g/mol. The molecule has 3 rings (SSSR count). The average Bonchev–Trinajstić information content (AvgIpc) is 3.03. The predicted molar refractivity (Wildman–Crippen MR) is 92.4 cm³/mol. The molecule has 0 atom stereocenters. The van der Waals surface area contributed by atoms with Gasteiger partial charge in [0, 0.05) is 11.1 Å². The van der Waals surface area contributed by atoms with Crippen molar-refractivity contribution in [1.82, 2.24) is 10.3 Å². The lowest BCUT2D eigenvalue weighted by Crippen LogP contribution is -2.26. The maximum Gasteiger partial charge on any atom is 0.387 e. The van der Waals surface area contributed by atoms with E-state index in [2.05, 4.69) is 20.4 Å². The number of anilines is 1. The van der Waals surface area contributed by atoms with Crippen LogP contribution < -0.4 is 15.4 Å². The highest BCUT2D eigenvalue weighted by atomic mass is 32.1. The number of rotatable bonds is 6. The summed E-state index contributed by atoms with van der Waals surface area (Å²) >= 11 is 1.50. The third-order valence-corrected chi connectivity index (χ3v) is 5.08. The van der Waals surface area contributed by atoms with Crippen molar-refractivity contribution < 1.29 is 18.3 Å². The number of carbonyl (C=O) groups is 1. The molecule has 2 aromatic rings. The van der Waals surface area contributed by atoms with Gasteiger partial charge in [-0.25, -0.2) is 4.98 Å². The third kappa shape index (κ3) is 5.20. The van der Waals surface area contributed by atoms with E-state index >= 15 is 0 Å². The third-order valence-electron chi connectivity index (χ3n) is 4.00. The number of hydrogen-bond donors (Lipinski definition) is 2. The predicted octanol–water partition coefficient (Wildman–Crippen LogP) is 3.39. The molecule has 1 aromatic heterocycles. The maximum absolute atomic E-state index is 12.2. The summed E-state index contributed by atoms with van der Waals surface area (Å²) < 4.78 is 28.8. The van der Waals surface area contributed by atoms with E-state index in [9.17, 15) is 13.6 Å². The van der Waals surface area contributed by atoms with Crippen LogP contribution in [0.3, 0.4) is 0 Å². The lowest BCUT2D eigenvalue weighted by molar-refractivity contribution is -0.115. The van der Waals surface area contributed by atoms with E-state index in [1.807, 2.05) is 6.20 Å². The molecule has 0 bridgehead atoms. The Bertz CT molecular complexity index is 717. The second-order valence-electron chi connectivity index (χ2n) is 5.84. The lowest BCUT2D eigenvalue weighted by atomic mass is 9.97. The van der Waals surface area contributed by atoms with Crippen LogP contribution >= 0.6 is 11.3 Å². The summed E-state index contributed by atoms with van der Waals surface area (Å²) in [5.41, 5.74) is 0.603. The molecular weight excluding hydrogens is 348 g/mol. The standard InChI is InChI=1S/C17H19F2N3O2S/c18-16(19)24-13-3-1-2-11(8-13)9-15(23)22-17-21-10-14(25-17)12-4-6-20-7-5-12/h1-3,8,10,12,16,20H,4-7,9H2,(H,21,22,23). The van der Waals surface area contributed by atoms with Crippen LogP contribution in [0, 0.1) is 0 Å². The second kappa shape index (κ2) is 8.35. The Balaban J connectivity index is 1.56. The molecule has 1 fully saturated rings. The highest BCUT2D eigenvalue weighted by Crippen LogP contribution is 2.31. The number of benzene rings is 1. The van der Waals surface area contributed by atoms with E-state index in [4.69, 9.17) is 0 Å². The zero-order valence-corrected chi connectivity index (χ0v) is 14.3. The summed E-state index contributed by atoms with van der Waals surface area (Å²) in [6, 6.07) is 6.15. The van der Waals surface area contributed by atoms with E-state index < -0.39 is 6.61 Å². The molecule has 5 nitrogen and oxygen atoms in total. The molecule has 8 heteroatoms. The number of thiazole rings is 1. The average molecular weight is 367 g/mol. The van der Waals surface area contributed by atoms with Gasteiger partial charge in [-0.2, -0.15) is 8.78 Å². The minimum Gasteiger partial charge on any atom is -0.435 e. The van der Waals surface area contributed by atoms with Crippen molar-refractivity contribution in [3.05, 3.63) is 40.9 Å². The Hall–Kier alpha value is -2.06. The van der Waals surface area contributed by atoms with Gasteiger partial charge in [0.25, 0.3) is 0 Å². The number of aromatic nitrogens is 1. The van der Waals surface area contributed by atoms with E-state index in [-0.39, 0.29) is 18.1 Å². The zero-order chi connectivity index (χ0) is 17.6. The second-order valence-corrected chi connectivity index (χ2v) is 6.91. The summed E-state index contributed by atoms with van der Waals surface area (Å²) in [5, 5.41) is 6.67. The van der Waals surface area contributed by atoms with Crippen molar-refractivity contribution in [3.8, 4) is 5.75 Å². The van der Waals surface area contributed by atoms with E-state index in [1.54, 1.807) is 12.1 Å². The number of alkyl halides is 2. The molecule has 1 saturated heterocycles. The van der Waals surface area contributed by atoms with Crippen LogP contribution in [0.5, 0.6) is 5.75 Å². The molecule has 0 radical (unpaired) electrons. The van der Waals surface area contributed by atoms with E-state index in [1.165, 1.54) is 28.3 Å². The number of halogens is 2. The number of piperidine rings is 1. The molecule has 0 saturated carbocycles. The fourth-order valence-electron chi connectivity index (χ4n) is 2.82. The van der Waals surface area contributed by atoms with E-state index in [0.29, 0.717) is 16.6 Å². The van der Waals surface area contributed by atoms with Crippen molar-refractivity contribution in [2.75, 3.05) is 18.4 Å². The van der Waals surface area contributed by atoms with Crippen LogP contribution in [-0.2, 0) is 11.2 Å². The van der Waals surface area contributed by atoms with Gasteiger partial charge < -0.3 is 15.4 Å². The molecule has 0 spiro atoms. The van der Waals surface area contributed by atoms with Crippen molar-refractivity contribution in [2.45, 2.75) is 31.8 Å². The summed E-state index contributed by atoms with van der Waals surface area (Å²) in [6.45, 7) is -0.879. The molecule has 1 aliphatic heterocycles. The van der Waals surface area contributed by atoms with Crippen molar-refractivity contribution in [2.24, 2.45) is 0 Å². The van der Waals surface area contributed by atoms with Crippen molar-refractivity contribution in [1.29, 1.82) is 0 Å². The molecule has 1 amide bonds. The molecule has 2 heterocycles. The highest BCUT2D eigenvalue weighted by Gasteiger charge is 2.18. The quantitative estimate of drug-likeness (QED) is 0.822. The number of amides is 1. The SMILES string of the molecule is O=C(Cc1cccc(OC(F)F)c1)Nc1ncc(C2CCNCC2)s1. The Labute approximate surface area is 148 Å². The number of hydrogen-bond acceptors (Lipinski definition) is 5. The van der Waals surface area contributed by atoms with Crippen molar-refractivity contribution >= 4 is 22.4 Å². The summed E-state index contributed by atoms with van der Waals surface area (Å²) in [6.07, 6.45) is 4.05. The van der Waals surface area contributed by atoms with Gasteiger partial charge in [0.15, 0.2) is 5.13 Å². The van der Waals surface area contributed by atoms with Crippen LogP contribution in [0.15, 0.2) is 30.5 Å². The minimum atomic E-state index is -2.88. The first-order valence-electron chi connectivity index (χ1n) is 8.10. The fraction of sp³-hybridized carbons (Fsp3) is 0.412. The minimum absolute atomic E-state index is 0.0442. The topological polar surface area (TPSA) is 63.2 Å². The zero-order valence-electron chi connectivity index (χ0n) is 13.5. The molecule has 0 unspecified atom stereocenters. The van der Waals surface area contributed by atoms with Crippen LogP contribution in [0.2, 0.25) is 0 Å². The van der Waals surface area contributed by atoms with Crippen LogP contribution in [-0.4, -0.2) is 30.6 Å². The number of carbonyl (C=O) groups excluding carboxylic acids is 1. The molecule has 1 aliphatic rings. The molecule has 2 N–H and O–H groups in total. The van der Waals surface area contributed by atoms with Crippen molar-refractivity contribution in [3.63, 3.8) is 0 Å². The molecule has 1 aromatic carbocycles. The first kappa shape index (κ1) is 17.8. The fourth-order valence-corrected chi connectivity index (χ4v) is 3.82. The molecule has 25 heavy (non-hydrogen) atoms. The van der Waals surface area contributed by atoms with E-state index in [0.717, 1.165) is 25.9 Å². The number of ether oxygens (including phenoxy) is 1. The number of nitrogens with one attached hydrogen (secondary N) is 2. The van der Waals surface area contributed by atoms with Crippen LogP contribution in [0.4, 0.5) is 13.9 Å². The largest absolute Gasteiger partial charge is 0.435 e. The van der Waals surface area contributed by atoms with Gasteiger partial charge in [-0.05, 0) is 49.5 Å². The first-order valence-corrected chi connectivity index (χ1v) is 8.92. The summed E-state index contributed by atoms with van der Waals surface area (Å²) in [7, 11) is 0. The molecular formula is C17H19F2N3O2S. The Morgan fingerprint density at radius 2 is 2.20 bits per heavy atom. The normalized spacial score (nSPS) is 15.3. The highest BCUT2D eigenvalue weighted by molar-refractivity contribution is 7.15. The van der Waals surface area contributed by atoms with Crippen LogP contribution in [0.1, 0.15) is 29.2 Å². The molecule has 0 aliphatic carbocycles. The Morgan fingerprint density at radius 1 is 1.40 bits per heavy atom.